The zero-order valence-corrected chi connectivity index (χ0v) is 43.1. The second kappa shape index (κ2) is 20.1. The quantitative estimate of drug-likeness (QED) is 0.0843. The molecule has 10 aromatic carbocycles. The molecule has 74 heavy (non-hydrogen) atoms. The minimum absolute atomic E-state index is 0.0861. The molecule has 2 heterocycles. The third-order valence-corrected chi connectivity index (χ3v) is 15.4. The van der Waals surface area contributed by atoms with Gasteiger partial charge in [0.25, 0.3) is 6.71 Å². The molecule has 0 N–H and O–H groups in total. The Bertz CT molecular complexity index is 3490. The number of anilines is 3. The fourth-order valence-corrected chi connectivity index (χ4v) is 11.4. The summed E-state index contributed by atoms with van der Waals surface area (Å²) < 4.78 is 7.29. The molecule has 0 atom stereocenters. The van der Waals surface area contributed by atoms with E-state index in [4.69, 9.17) is 4.74 Å². The summed E-state index contributed by atoms with van der Waals surface area (Å²) in [6, 6.07) is 85.7. The van der Waals surface area contributed by atoms with Gasteiger partial charge in [-0.05, 0) is 138 Å². The Labute approximate surface area is 439 Å². The van der Waals surface area contributed by atoms with Gasteiger partial charge in [-0.1, -0.05) is 248 Å². The van der Waals surface area contributed by atoms with Crippen LogP contribution >= 0.6 is 0 Å². The van der Waals surface area contributed by atoms with Gasteiger partial charge in [0.05, 0.1) is 5.69 Å². The summed E-state index contributed by atoms with van der Waals surface area (Å²) in [5, 5.41) is 0. The molecule has 0 saturated heterocycles. The van der Waals surface area contributed by atoms with E-state index in [1.54, 1.807) is 0 Å². The molecule has 0 spiro atoms. The lowest BCUT2D eigenvalue weighted by molar-refractivity contribution is 0.486. The largest absolute Gasteiger partial charge is 0.458 e. The molecule has 0 amide bonds. The molecule has 12 rings (SSSR count). The van der Waals surface area contributed by atoms with Gasteiger partial charge in [-0.2, -0.15) is 0 Å². The molecule has 0 aliphatic carbocycles. The summed E-state index contributed by atoms with van der Waals surface area (Å²) in [6.45, 7) is 9.24. The van der Waals surface area contributed by atoms with Crippen LogP contribution in [0.1, 0.15) is 70.9 Å². The first kappa shape index (κ1) is 46.9. The first-order valence-electron chi connectivity index (χ1n) is 26.8. The molecule has 0 radical (unpaired) electrons. The number of ether oxygens (including phenoxy) is 1. The SMILES string of the molecule is CCCCCCCc1cc2c3c(c1)N(c1c(-c4ccc(-c5ccccc5)cc4)cc(C(C)(C)C)cc1-c1ccc(-c4ccccc4)cc1)c1ccc(-c4ccccc4)cc1B3c1cc(-c3ccccc3)ccc1O2. The minimum Gasteiger partial charge on any atom is -0.458 e. The summed E-state index contributed by atoms with van der Waals surface area (Å²) in [5.41, 5.74) is 24.0. The lowest BCUT2D eigenvalue weighted by Gasteiger charge is -2.42. The average Bonchev–Trinajstić information content (AvgIpc) is 3.45. The standard InChI is InChI=1S/C71H62BNO/c1-5-6-7-8-13-22-49-43-66-69-68(44-49)74-67-42-40-59(53-29-20-12-21-30-53)46-64(67)72(69)63-45-58(52-27-18-11-19-28-52)39-41-65(63)73(66)70-61(56-35-31-54(32-36-56)50-23-14-9-15-24-50)47-60(71(2,3)4)48-62(70)57-37-33-55(34-38-57)51-25-16-10-17-26-51/h9-12,14-21,23-48H,5-8,13,22H2,1-4H3. The van der Waals surface area contributed by atoms with Gasteiger partial charge < -0.3 is 9.64 Å². The number of benzene rings is 10. The molecule has 0 bridgehead atoms. The van der Waals surface area contributed by atoms with Crippen LogP contribution in [0.15, 0.2) is 231 Å². The van der Waals surface area contributed by atoms with Crippen molar-refractivity contribution in [1.82, 2.24) is 0 Å². The lowest BCUT2D eigenvalue weighted by atomic mass is 9.34. The van der Waals surface area contributed by atoms with E-state index in [0.717, 1.165) is 30.0 Å². The van der Waals surface area contributed by atoms with Gasteiger partial charge in [0.2, 0.25) is 0 Å². The van der Waals surface area contributed by atoms with Gasteiger partial charge in [-0.25, -0.2) is 0 Å². The molecule has 0 saturated carbocycles. The second-order valence-electron chi connectivity index (χ2n) is 21.4. The normalized spacial score (nSPS) is 12.4. The molecule has 10 aromatic rings. The first-order valence-corrected chi connectivity index (χ1v) is 26.8. The number of hydrogen-bond acceptors (Lipinski definition) is 2. The Morgan fingerprint density at radius 2 is 0.838 bits per heavy atom. The van der Waals surface area contributed by atoms with Gasteiger partial charge in [0.1, 0.15) is 11.5 Å². The molecule has 3 heteroatoms. The summed E-state index contributed by atoms with van der Waals surface area (Å²) in [4.78, 5) is 2.64. The smallest absolute Gasteiger partial charge is 0.256 e. The van der Waals surface area contributed by atoms with E-state index < -0.39 is 0 Å². The number of hydrogen-bond donors (Lipinski definition) is 0. The maximum absolute atomic E-state index is 7.29. The van der Waals surface area contributed by atoms with E-state index >= 15 is 0 Å². The highest BCUT2D eigenvalue weighted by Gasteiger charge is 2.43. The Morgan fingerprint density at radius 3 is 1.35 bits per heavy atom. The van der Waals surface area contributed by atoms with E-state index in [0.29, 0.717) is 0 Å². The van der Waals surface area contributed by atoms with Crippen molar-refractivity contribution in [2.24, 2.45) is 0 Å². The summed E-state index contributed by atoms with van der Waals surface area (Å²) in [7, 11) is 0. The monoisotopic (exact) mass is 955 g/mol. The van der Waals surface area contributed by atoms with Gasteiger partial charge in [0.15, 0.2) is 0 Å². The van der Waals surface area contributed by atoms with E-state index in [2.05, 4.69) is 263 Å². The number of rotatable bonds is 13. The molecule has 2 aliphatic heterocycles. The van der Waals surface area contributed by atoms with Crippen molar-refractivity contribution >= 4 is 40.2 Å². The van der Waals surface area contributed by atoms with E-state index in [1.807, 2.05) is 0 Å². The number of aryl methyl sites for hydroxylation is 1. The Kier molecular flexibility index (Phi) is 12.7. The van der Waals surface area contributed by atoms with Crippen LogP contribution in [0.5, 0.6) is 11.5 Å². The third kappa shape index (κ3) is 9.06. The zero-order valence-electron chi connectivity index (χ0n) is 43.1. The van der Waals surface area contributed by atoms with Crippen molar-refractivity contribution in [3.05, 3.63) is 242 Å². The molecule has 2 nitrogen and oxygen atoms in total. The highest BCUT2D eigenvalue weighted by atomic mass is 16.5. The summed E-state index contributed by atoms with van der Waals surface area (Å²) >= 11 is 0. The van der Waals surface area contributed by atoms with Gasteiger partial charge in [0, 0.05) is 22.5 Å². The van der Waals surface area contributed by atoms with Crippen LogP contribution in [0, 0.1) is 0 Å². The summed E-state index contributed by atoms with van der Waals surface area (Å²) in [5.74, 6) is 1.87. The number of nitrogens with zero attached hydrogens (tertiary/aromatic N) is 1. The van der Waals surface area contributed by atoms with Crippen LogP contribution in [0.25, 0.3) is 66.8 Å². The lowest BCUT2D eigenvalue weighted by Crippen LogP contribution is -2.59. The fraction of sp³-hybridized carbons (Fsp3) is 0.155. The average molecular weight is 956 g/mol. The van der Waals surface area contributed by atoms with Gasteiger partial charge >= 0.3 is 0 Å². The van der Waals surface area contributed by atoms with Crippen LogP contribution < -0.4 is 26.0 Å². The topological polar surface area (TPSA) is 12.5 Å². The van der Waals surface area contributed by atoms with Crippen molar-refractivity contribution in [1.29, 1.82) is 0 Å². The maximum Gasteiger partial charge on any atom is 0.256 e. The van der Waals surface area contributed by atoms with Crippen molar-refractivity contribution in [2.75, 3.05) is 4.90 Å². The van der Waals surface area contributed by atoms with Crippen LogP contribution in [-0.2, 0) is 11.8 Å². The van der Waals surface area contributed by atoms with Gasteiger partial charge in [-0.3, -0.25) is 0 Å². The Hall–Kier alpha value is -8.14. The molecular formula is C71H62BNO. The van der Waals surface area contributed by atoms with Crippen molar-refractivity contribution in [2.45, 2.75) is 71.6 Å². The highest BCUT2D eigenvalue weighted by molar-refractivity contribution is 6.99. The Morgan fingerprint density at radius 1 is 0.392 bits per heavy atom. The summed E-state index contributed by atoms with van der Waals surface area (Å²) in [6.07, 6.45) is 7.08. The highest BCUT2D eigenvalue weighted by Crippen LogP contribution is 2.51. The second-order valence-corrected chi connectivity index (χ2v) is 21.4. The molecule has 360 valence electrons. The Balaban J connectivity index is 1.15. The molecule has 0 fully saturated rings. The predicted molar refractivity (Wildman–Crippen MR) is 316 cm³/mol. The number of unbranched alkanes of at least 4 members (excludes halogenated alkanes) is 4. The van der Waals surface area contributed by atoms with E-state index in [1.165, 1.54) is 131 Å². The maximum atomic E-state index is 7.29. The number of fused-ring (bicyclic) bond motifs is 4. The van der Waals surface area contributed by atoms with Crippen molar-refractivity contribution in [3.63, 3.8) is 0 Å². The minimum atomic E-state index is -0.143. The van der Waals surface area contributed by atoms with Crippen molar-refractivity contribution < 1.29 is 4.74 Å². The predicted octanol–water partition coefficient (Wildman–Crippen LogP) is 17.9. The van der Waals surface area contributed by atoms with Crippen LogP contribution in [0.2, 0.25) is 0 Å². The van der Waals surface area contributed by atoms with Crippen LogP contribution in [0.3, 0.4) is 0 Å². The van der Waals surface area contributed by atoms with E-state index in [-0.39, 0.29) is 12.1 Å². The molecule has 0 aromatic heterocycles. The molecule has 2 aliphatic rings. The fourth-order valence-electron chi connectivity index (χ4n) is 11.4. The van der Waals surface area contributed by atoms with Gasteiger partial charge in [-0.15, -0.1) is 0 Å². The molecule has 0 unspecified atom stereocenters. The third-order valence-electron chi connectivity index (χ3n) is 15.4. The van der Waals surface area contributed by atoms with Crippen molar-refractivity contribution in [3.8, 4) is 78.3 Å². The van der Waals surface area contributed by atoms with Crippen LogP contribution in [0.4, 0.5) is 17.1 Å². The molecular weight excluding hydrogens is 894 g/mol. The zero-order chi connectivity index (χ0) is 50.2. The first-order chi connectivity index (χ1) is 36.3. The van der Waals surface area contributed by atoms with E-state index in [9.17, 15) is 0 Å². The van der Waals surface area contributed by atoms with Crippen LogP contribution in [-0.4, -0.2) is 6.71 Å².